The highest BCUT2D eigenvalue weighted by molar-refractivity contribution is 5.14. The van der Waals surface area contributed by atoms with Crippen LogP contribution >= 0.6 is 0 Å². The minimum absolute atomic E-state index is 0.576. The van der Waals surface area contributed by atoms with Crippen molar-refractivity contribution in [3.05, 3.63) is 0 Å². The summed E-state index contributed by atoms with van der Waals surface area (Å²) in [4.78, 5) is 0. The fourth-order valence-electron chi connectivity index (χ4n) is 4.12. The molecule has 0 aromatic carbocycles. The summed E-state index contributed by atoms with van der Waals surface area (Å²) in [6, 6.07) is 0. The van der Waals surface area contributed by atoms with Gasteiger partial charge in [-0.05, 0) is 44.1 Å². The van der Waals surface area contributed by atoms with Crippen LogP contribution in [0.2, 0.25) is 0 Å². The summed E-state index contributed by atoms with van der Waals surface area (Å²) in [5.41, 5.74) is 1.20. The normalized spacial score (nSPS) is 32.6. The van der Waals surface area contributed by atoms with Crippen LogP contribution in [0.3, 0.4) is 0 Å². The summed E-state index contributed by atoms with van der Waals surface area (Å²) < 4.78 is 5.60. The Kier molecular flexibility index (Phi) is 2.33. The second-order valence-corrected chi connectivity index (χ2v) is 5.94. The second-order valence-electron chi connectivity index (χ2n) is 5.94. The maximum absolute atomic E-state index is 5.60. The summed E-state index contributed by atoms with van der Waals surface area (Å²) in [5, 5.41) is 3.41. The zero-order chi connectivity index (χ0) is 10.4. The number of hydrogen-bond acceptors (Lipinski definition) is 2. The van der Waals surface area contributed by atoms with Gasteiger partial charge in [0.05, 0.1) is 13.2 Å². The van der Waals surface area contributed by atoms with E-state index in [-0.39, 0.29) is 0 Å². The Morgan fingerprint density at radius 3 is 2.27 bits per heavy atom. The van der Waals surface area contributed by atoms with Crippen LogP contribution in [0.5, 0.6) is 0 Å². The van der Waals surface area contributed by atoms with Gasteiger partial charge in [0.2, 0.25) is 0 Å². The molecular weight excluding hydrogens is 186 g/mol. The summed E-state index contributed by atoms with van der Waals surface area (Å²) in [6.45, 7) is 3.32. The average molecular weight is 209 g/mol. The third-order valence-corrected chi connectivity index (χ3v) is 5.28. The van der Waals surface area contributed by atoms with E-state index in [1.165, 1.54) is 45.1 Å². The molecule has 1 N–H and O–H groups in total. The predicted molar refractivity (Wildman–Crippen MR) is 60.8 cm³/mol. The zero-order valence-corrected chi connectivity index (χ0v) is 9.85. The molecule has 0 aromatic rings. The highest BCUT2D eigenvalue weighted by Crippen LogP contribution is 2.66. The first-order chi connectivity index (χ1) is 7.33. The van der Waals surface area contributed by atoms with Crippen LogP contribution < -0.4 is 5.32 Å². The van der Waals surface area contributed by atoms with Crippen LogP contribution in [0, 0.1) is 16.7 Å². The second kappa shape index (κ2) is 3.46. The van der Waals surface area contributed by atoms with Crippen LogP contribution in [0.4, 0.5) is 0 Å². The lowest BCUT2D eigenvalue weighted by atomic mass is 9.62. The van der Waals surface area contributed by atoms with Crippen molar-refractivity contribution >= 4 is 0 Å². The molecule has 3 rings (SSSR count). The van der Waals surface area contributed by atoms with Gasteiger partial charge < -0.3 is 10.1 Å². The molecule has 2 saturated carbocycles. The molecule has 2 nitrogen and oxygen atoms in total. The lowest BCUT2D eigenvalue weighted by Crippen LogP contribution is -2.56. The summed E-state index contributed by atoms with van der Waals surface area (Å²) in [7, 11) is 2.10. The average Bonchev–Trinajstić information content (AvgIpc) is 2.75. The van der Waals surface area contributed by atoms with Gasteiger partial charge >= 0.3 is 0 Å². The number of rotatable bonds is 4. The highest BCUT2D eigenvalue weighted by Gasteiger charge is 2.65. The van der Waals surface area contributed by atoms with Crippen LogP contribution in [-0.4, -0.2) is 26.8 Å². The molecule has 0 amide bonds. The van der Waals surface area contributed by atoms with Gasteiger partial charge in [0.25, 0.3) is 0 Å². The number of hydrogen-bond donors (Lipinski definition) is 1. The topological polar surface area (TPSA) is 21.3 Å². The third-order valence-electron chi connectivity index (χ3n) is 5.28. The molecule has 2 aliphatic carbocycles. The van der Waals surface area contributed by atoms with E-state index in [1.807, 2.05) is 0 Å². The van der Waals surface area contributed by atoms with E-state index >= 15 is 0 Å². The van der Waals surface area contributed by atoms with E-state index in [0.717, 1.165) is 19.1 Å². The Bertz CT molecular complexity index is 237. The molecule has 86 valence electrons. The Morgan fingerprint density at radius 2 is 1.87 bits per heavy atom. The molecule has 3 aliphatic rings. The van der Waals surface area contributed by atoms with Crippen molar-refractivity contribution in [3.8, 4) is 0 Å². The SMILES string of the molecule is CNCC1(C2(C3CCCC3)COC2)CC1. The van der Waals surface area contributed by atoms with Gasteiger partial charge in [-0.25, -0.2) is 0 Å². The molecule has 3 fully saturated rings. The van der Waals surface area contributed by atoms with Crippen LogP contribution in [0.1, 0.15) is 38.5 Å². The molecule has 0 atom stereocenters. The molecule has 0 aromatic heterocycles. The maximum atomic E-state index is 5.60. The summed E-state index contributed by atoms with van der Waals surface area (Å²) in [6.07, 6.45) is 8.73. The highest BCUT2D eigenvalue weighted by atomic mass is 16.5. The Morgan fingerprint density at radius 1 is 1.20 bits per heavy atom. The molecule has 15 heavy (non-hydrogen) atoms. The monoisotopic (exact) mass is 209 g/mol. The number of nitrogens with one attached hydrogen (secondary N) is 1. The molecule has 0 bridgehead atoms. The van der Waals surface area contributed by atoms with Gasteiger partial charge in [0.1, 0.15) is 0 Å². The largest absolute Gasteiger partial charge is 0.380 e. The molecular formula is C13H23NO. The van der Waals surface area contributed by atoms with E-state index in [2.05, 4.69) is 12.4 Å². The smallest absolute Gasteiger partial charge is 0.0553 e. The predicted octanol–water partition coefficient (Wildman–Crippen LogP) is 2.19. The van der Waals surface area contributed by atoms with Gasteiger partial charge in [-0.15, -0.1) is 0 Å². The quantitative estimate of drug-likeness (QED) is 0.766. The maximum Gasteiger partial charge on any atom is 0.0553 e. The Balaban J connectivity index is 1.79. The lowest BCUT2D eigenvalue weighted by molar-refractivity contribution is -0.185. The van der Waals surface area contributed by atoms with Crippen molar-refractivity contribution in [3.63, 3.8) is 0 Å². The molecule has 1 aliphatic heterocycles. The molecule has 0 unspecified atom stereocenters. The van der Waals surface area contributed by atoms with Crippen molar-refractivity contribution < 1.29 is 4.74 Å². The summed E-state index contributed by atoms with van der Waals surface area (Å²) >= 11 is 0. The summed E-state index contributed by atoms with van der Waals surface area (Å²) in [5.74, 6) is 0.974. The van der Waals surface area contributed by atoms with Crippen molar-refractivity contribution in [1.29, 1.82) is 0 Å². The fraction of sp³-hybridized carbons (Fsp3) is 1.00. The van der Waals surface area contributed by atoms with Gasteiger partial charge in [-0.1, -0.05) is 12.8 Å². The standard InChI is InChI=1S/C13H23NO/c1-14-8-12(6-7-12)13(9-15-10-13)11-4-2-3-5-11/h11,14H,2-10H2,1H3. The fourth-order valence-corrected chi connectivity index (χ4v) is 4.12. The Labute approximate surface area is 92.8 Å². The van der Waals surface area contributed by atoms with Crippen LogP contribution in [0.25, 0.3) is 0 Å². The molecule has 1 saturated heterocycles. The van der Waals surface area contributed by atoms with Gasteiger partial charge in [0, 0.05) is 12.0 Å². The Hall–Kier alpha value is -0.0800. The molecule has 2 heteroatoms. The minimum atomic E-state index is 0.576. The van der Waals surface area contributed by atoms with E-state index < -0.39 is 0 Å². The van der Waals surface area contributed by atoms with E-state index in [0.29, 0.717) is 10.8 Å². The van der Waals surface area contributed by atoms with E-state index in [4.69, 9.17) is 4.74 Å². The molecule has 1 heterocycles. The van der Waals surface area contributed by atoms with Crippen LogP contribution in [-0.2, 0) is 4.74 Å². The van der Waals surface area contributed by atoms with Crippen LogP contribution in [0.15, 0.2) is 0 Å². The van der Waals surface area contributed by atoms with Crippen molar-refractivity contribution in [2.75, 3.05) is 26.8 Å². The first-order valence-corrected chi connectivity index (χ1v) is 6.55. The third kappa shape index (κ3) is 1.31. The van der Waals surface area contributed by atoms with Crippen molar-refractivity contribution in [1.82, 2.24) is 5.32 Å². The van der Waals surface area contributed by atoms with Gasteiger partial charge in [-0.3, -0.25) is 0 Å². The van der Waals surface area contributed by atoms with E-state index in [1.54, 1.807) is 0 Å². The van der Waals surface area contributed by atoms with Gasteiger partial charge in [0.15, 0.2) is 0 Å². The first-order valence-electron chi connectivity index (χ1n) is 6.55. The van der Waals surface area contributed by atoms with Crippen molar-refractivity contribution in [2.45, 2.75) is 38.5 Å². The molecule has 0 spiro atoms. The zero-order valence-electron chi connectivity index (χ0n) is 9.85. The van der Waals surface area contributed by atoms with Gasteiger partial charge in [-0.2, -0.15) is 0 Å². The minimum Gasteiger partial charge on any atom is -0.380 e. The van der Waals surface area contributed by atoms with Crippen molar-refractivity contribution in [2.24, 2.45) is 16.7 Å². The van der Waals surface area contributed by atoms with E-state index in [9.17, 15) is 0 Å². The first kappa shape index (κ1) is 10.1. The number of ether oxygens (including phenoxy) is 1. The molecule has 0 radical (unpaired) electrons. The lowest BCUT2D eigenvalue weighted by Gasteiger charge is -2.52.